The van der Waals surface area contributed by atoms with E-state index in [0.717, 1.165) is 23.3 Å². The molecule has 0 aliphatic carbocycles. The Hall–Kier alpha value is -2.53. The summed E-state index contributed by atoms with van der Waals surface area (Å²) in [6, 6.07) is 13.5. The zero-order chi connectivity index (χ0) is 18.5. The SMILES string of the molecule is CCCCNC(=O)c1ccc2c(c1)NC(=O)C(=Cc1ccc(C)cc1)S2. The van der Waals surface area contributed by atoms with Crippen molar-refractivity contribution in [2.45, 2.75) is 31.6 Å². The number of aryl methyl sites for hydroxylation is 1. The smallest absolute Gasteiger partial charge is 0.262 e. The molecule has 4 nitrogen and oxygen atoms in total. The molecule has 0 radical (unpaired) electrons. The van der Waals surface area contributed by atoms with E-state index in [2.05, 4.69) is 17.6 Å². The number of hydrogen-bond acceptors (Lipinski definition) is 3. The fourth-order valence-corrected chi connectivity index (χ4v) is 3.53. The number of carbonyl (C=O) groups is 2. The number of fused-ring (bicyclic) bond motifs is 1. The number of thioether (sulfide) groups is 1. The molecule has 26 heavy (non-hydrogen) atoms. The number of anilines is 1. The molecule has 3 rings (SSSR count). The Morgan fingerprint density at radius 3 is 2.69 bits per heavy atom. The summed E-state index contributed by atoms with van der Waals surface area (Å²) < 4.78 is 0. The standard InChI is InChI=1S/C21H22N2O2S/c1-3-4-11-22-20(24)16-9-10-18-17(13-16)23-21(25)19(26-18)12-15-7-5-14(2)6-8-15/h5-10,12-13H,3-4,11H2,1-2H3,(H,22,24)(H,23,25). The van der Waals surface area contributed by atoms with E-state index < -0.39 is 0 Å². The molecule has 1 heterocycles. The molecule has 2 N–H and O–H groups in total. The van der Waals surface area contributed by atoms with Gasteiger partial charge in [-0.1, -0.05) is 54.9 Å². The van der Waals surface area contributed by atoms with Gasteiger partial charge in [0.05, 0.1) is 10.6 Å². The van der Waals surface area contributed by atoms with Crippen molar-refractivity contribution in [2.75, 3.05) is 11.9 Å². The third-order valence-corrected chi connectivity index (χ3v) is 5.22. The molecule has 2 amide bonds. The van der Waals surface area contributed by atoms with Crippen LogP contribution in [0.15, 0.2) is 52.3 Å². The number of hydrogen-bond donors (Lipinski definition) is 2. The summed E-state index contributed by atoms with van der Waals surface area (Å²) in [4.78, 5) is 26.2. The van der Waals surface area contributed by atoms with Crippen molar-refractivity contribution in [1.82, 2.24) is 5.32 Å². The maximum Gasteiger partial charge on any atom is 0.262 e. The summed E-state index contributed by atoms with van der Waals surface area (Å²) in [5, 5.41) is 5.79. The molecule has 1 aliphatic heterocycles. The summed E-state index contributed by atoms with van der Waals surface area (Å²) >= 11 is 1.42. The van der Waals surface area contributed by atoms with Crippen LogP contribution in [0.2, 0.25) is 0 Å². The minimum atomic E-state index is -0.147. The molecule has 0 atom stereocenters. The second kappa shape index (κ2) is 8.23. The van der Waals surface area contributed by atoms with Crippen molar-refractivity contribution < 1.29 is 9.59 Å². The van der Waals surface area contributed by atoms with Gasteiger partial charge < -0.3 is 10.6 Å². The Kier molecular flexibility index (Phi) is 5.78. The lowest BCUT2D eigenvalue weighted by molar-refractivity contribution is -0.112. The van der Waals surface area contributed by atoms with Crippen LogP contribution in [0.5, 0.6) is 0 Å². The molecule has 5 heteroatoms. The van der Waals surface area contributed by atoms with Crippen LogP contribution in [0.1, 0.15) is 41.3 Å². The first-order valence-corrected chi connectivity index (χ1v) is 9.58. The van der Waals surface area contributed by atoms with E-state index in [0.29, 0.717) is 22.7 Å². The van der Waals surface area contributed by atoms with Crippen LogP contribution in [-0.4, -0.2) is 18.4 Å². The van der Waals surface area contributed by atoms with Crippen LogP contribution in [0.25, 0.3) is 6.08 Å². The Morgan fingerprint density at radius 1 is 1.19 bits per heavy atom. The monoisotopic (exact) mass is 366 g/mol. The highest BCUT2D eigenvalue weighted by molar-refractivity contribution is 8.04. The molecule has 0 saturated heterocycles. The number of unbranched alkanes of at least 4 members (excludes halogenated alkanes) is 1. The van der Waals surface area contributed by atoms with Crippen molar-refractivity contribution >= 4 is 35.3 Å². The number of benzene rings is 2. The van der Waals surface area contributed by atoms with Gasteiger partial charge in [-0.25, -0.2) is 0 Å². The molecule has 0 fully saturated rings. The molecule has 0 bridgehead atoms. The molecule has 134 valence electrons. The van der Waals surface area contributed by atoms with Gasteiger partial charge in [-0.05, 0) is 43.2 Å². The lowest BCUT2D eigenvalue weighted by Crippen LogP contribution is -2.25. The van der Waals surface area contributed by atoms with Crippen LogP contribution in [0.3, 0.4) is 0 Å². The van der Waals surface area contributed by atoms with Gasteiger partial charge in [0, 0.05) is 17.0 Å². The van der Waals surface area contributed by atoms with Gasteiger partial charge in [-0.15, -0.1) is 0 Å². The average molecular weight is 366 g/mol. The Morgan fingerprint density at radius 2 is 1.96 bits per heavy atom. The quantitative estimate of drug-likeness (QED) is 0.600. The van der Waals surface area contributed by atoms with Gasteiger partial charge in [0.1, 0.15) is 0 Å². The minimum Gasteiger partial charge on any atom is -0.352 e. The normalized spacial score (nSPS) is 14.7. The van der Waals surface area contributed by atoms with E-state index in [1.54, 1.807) is 12.1 Å². The maximum atomic E-state index is 12.4. The minimum absolute atomic E-state index is 0.110. The topological polar surface area (TPSA) is 58.2 Å². The first kappa shape index (κ1) is 18.3. The average Bonchev–Trinajstić information content (AvgIpc) is 2.64. The van der Waals surface area contributed by atoms with Crippen molar-refractivity contribution in [1.29, 1.82) is 0 Å². The predicted octanol–water partition coefficient (Wildman–Crippen LogP) is 4.61. The molecule has 0 spiro atoms. The Balaban J connectivity index is 1.77. The van der Waals surface area contributed by atoms with E-state index in [-0.39, 0.29) is 11.8 Å². The second-order valence-corrected chi connectivity index (χ2v) is 7.38. The lowest BCUT2D eigenvalue weighted by Gasteiger charge is -2.19. The summed E-state index contributed by atoms with van der Waals surface area (Å²) in [7, 11) is 0. The van der Waals surface area contributed by atoms with Crippen LogP contribution in [0.4, 0.5) is 5.69 Å². The van der Waals surface area contributed by atoms with Gasteiger partial charge >= 0.3 is 0 Å². The van der Waals surface area contributed by atoms with Crippen molar-refractivity contribution in [3.05, 3.63) is 64.1 Å². The molecule has 0 aromatic heterocycles. The summed E-state index contributed by atoms with van der Waals surface area (Å²) in [6.07, 6.45) is 3.87. The van der Waals surface area contributed by atoms with Crippen LogP contribution in [0, 0.1) is 6.92 Å². The lowest BCUT2D eigenvalue weighted by atomic mass is 10.1. The molecular weight excluding hydrogens is 344 g/mol. The van der Waals surface area contributed by atoms with Crippen molar-refractivity contribution in [3.8, 4) is 0 Å². The Labute approximate surface area is 158 Å². The molecule has 2 aromatic rings. The van der Waals surface area contributed by atoms with E-state index in [1.807, 2.05) is 43.3 Å². The molecular formula is C21H22N2O2S. The summed E-state index contributed by atoms with van der Waals surface area (Å²) in [5.74, 6) is -0.256. The van der Waals surface area contributed by atoms with E-state index in [1.165, 1.54) is 17.3 Å². The van der Waals surface area contributed by atoms with E-state index in [9.17, 15) is 9.59 Å². The first-order valence-electron chi connectivity index (χ1n) is 8.76. The molecule has 0 saturated carbocycles. The van der Waals surface area contributed by atoms with E-state index >= 15 is 0 Å². The zero-order valence-corrected chi connectivity index (χ0v) is 15.8. The predicted molar refractivity (Wildman–Crippen MR) is 107 cm³/mol. The van der Waals surface area contributed by atoms with Gasteiger partial charge in [0.2, 0.25) is 0 Å². The zero-order valence-electron chi connectivity index (χ0n) is 15.0. The first-order chi connectivity index (χ1) is 12.6. The highest BCUT2D eigenvalue weighted by atomic mass is 32.2. The highest BCUT2D eigenvalue weighted by Crippen LogP contribution is 2.39. The van der Waals surface area contributed by atoms with Crippen molar-refractivity contribution in [2.24, 2.45) is 0 Å². The Bertz CT molecular complexity index is 857. The van der Waals surface area contributed by atoms with E-state index in [4.69, 9.17) is 0 Å². The largest absolute Gasteiger partial charge is 0.352 e. The van der Waals surface area contributed by atoms with Gasteiger partial charge in [0.25, 0.3) is 11.8 Å². The second-order valence-electron chi connectivity index (χ2n) is 6.30. The number of carbonyl (C=O) groups excluding carboxylic acids is 2. The summed E-state index contributed by atoms with van der Waals surface area (Å²) in [6.45, 7) is 4.78. The number of nitrogens with one attached hydrogen (secondary N) is 2. The van der Waals surface area contributed by atoms with Crippen molar-refractivity contribution in [3.63, 3.8) is 0 Å². The van der Waals surface area contributed by atoms with Gasteiger partial charge in [-0.2, -0.15) is 0 Å². The molecule has 0 unspecified atom stereocenters. The third kappa shape index (κ3) is 4.35. The van der Waals surface area contributed by atoms with Crippen LogP contribution >= 0.6 is 11.8 Å². The van der Waals surface area contributed by atoms with Gasteiger partial charge in [0.15, 0.2) is 0 Å². The molecule has 2 aromatic carbocycles. The molecule has 1 aliphatic rings. The van der Waals surface area contributed by atoms with Crippen LogP contribution < -0.4 is 10.6 Å². The summed E-state index contributed by atoms with van der Waals surface area (Å²) in [5.41, 5.74) is 3.42. The fourth-order valence-electron chi connectivity index (χ4n) is 2.60. The van der Waals surface area contributed by atoms with Crippen LogP contribution in [-0.2, 0) is 4.79 Å². The maximum absolute atomic E-state index is 12.4. The number of amides is 2. The number of rotatable bonds is 5. The fraction of sp³-hybridized carbons (Fsp3) is 0.238. The highest BCUT2D eigenvalue weighted by Gasteiger charge is 2.22. The van der Waals surface area contributed by atoms with Gasteiger partial charge in [-0.3, -0.25) is 9.59 Å². The third-order valence-electron chi connectivity index (χ3n) is 4.12.